The van der Waals surface area contributed by atoms with Crippen LogP contribution in [0, 0.1) is 0 Å². The number of carbonyl (C=O) groups excluding carboxylic acids is 2. The molecule has 0 saturated carbocycles. The van der Waals surface area contributed by atoms with Crippen LogP contribution in [0.3, 0.4) is 0 Å². The smallest absolute Gasteiger partial charge is 0.268 e. The standard InChI is InChI=1S/C19H22Cl2N4O2/c1-23-16(13-15(20)18(23)21)19(27)22-8-7-17(26)25-11-9-24(10-12-25)14-5-3-2-4-6-14/h2-6,13H,7-12H2,1H3,(H,22,27). The van der Waals surface area contributed by atoms with Gasteiger partial charge in [-0.3, -0.25) is 9.59 Å². The molecule has 144 valence electrons. The molecule has 1 fully saturated rings. The van der Waals surface area contributed by atoms with Gasteiger partial charge in [0.05, 0.1) is 5.02 Å². The number of anilines is 1. The second-order valence-electron chi connectivity index (χ2n) is 6.44. The predicted molar refractivity (Wildman–Crippen MR) is 108 cm³/mol. The molecule has 8 heteroatoms. The number of rotatable bonds is 5. The molecule has 0 aliphatic carbocycles. The van der Waals surface area contributed by atoms with Crippen molar-refractivity contribution in [1.29, 1.82) is 0 Å². The molecule has 1 aliphatic heterocycles. The second-order valence-corrected chi connectivity index (χ2v) is 7.20. The van der Waals surface area contributed by atoms with Gasteiger partial charge in [-0.05, 0) is 18.2 Å². The van der Waals surface area contributed by atoms with E-state index in [2.05, 4.69) is 22.3 Å². The summed E-state index contributed by atoms with van der Waals surface area (Å²) in [5.74, 6) is -0.251. The summed E-state index contributed by atoms with van der Waals surface area (Å²) in [6, 6.07) is 11.7. The van der Waals surface area contributed by atoms with Crippen molar-refractivity contribution >= 4 is 40.7 Å². The first-order valence-corrected chi connectivity index (χ1v) is 9.59. The first-order valence-electron chi connectivity index (χ1n) is 8.84. The molecule has 6 nitrogen and oxygen atoms in total. The lowest BCUT2D eigenvalue weighted by molar-refractivity contribution is -0.131. The monoisotopic (exact) mass is 408 g/mol. The lowest BCUT2D eigenvalue weighted by atomic mass is 10.2. The van der Waals surface area contributed by atoms with E-state index in [9.17, 15) is 9.59 Å². The Labute approximate surface area is 168 Å². The van der Waals surface area contributed by atoms with Crippen molar-refractivity contribution in [3.05, 3.63) is 52.3 Å². The Morgan fingerprint density at radius 3 is 2.33 bits per heavy atom. The zero-order valence-electron chi connectivity index (χ0n) is 15.1. The fraction of sp³-hybridized carbons (Fsp3) is 0.368. The molecule has 2 aromatic rings. The molecule has 1 aromatic carbocycles. The largest absolute Gasteiger partial charge is 0.368 e. The molecule has 1 aromatic heterocycles. The van der Waals surface area contributed by atoms with E-state index in [0.29, 0.717) is 29.0 Å². The molecule has 1 aliphatic rings. The van der Waals surface area contributed by atoms with E-state index in [1.165, 1.54) is 16.3 Å². The van der Waals surface area contributed by atoms with Crippen LogP contribution >= 0.6 is 23.2 Å². The minimum Gasteiger partial charge on any atom is -0.368 e. The number of hydrogen-bond acceptors (Lipinski definition) is 3. The number of piperazine rings is 1. The van der Waals surface area contributed by atoms with Crippen molar-refractivity contribution < 1.29 is 9.59 Å². The van der Waals surface area contributed by atoms with Crippen LogP contribution in [0.25, 0.3) is 0 Å². The van der Waals surface area contributed by atoms with Crippen LogP contribution in [-0.4, -0.2) is 54.0 Å². The number of carbonyl (C=O) groups is 2. The highest BCUT2D eigenvalue weighted by Gasteiger charge is 2.21. The summed E-state index contributed by atoms with van der Waals surface area (Å²) in [5, 5.41) is 3.39. The normalized spacial score (nSPS) is 14.3. The topological polar surface area (TPSA) is 57.6 Å². The zero-order valence-corrected chi connectivity index (χ0v) is 16.6. The molecule has 0 spiro atoms. The van der Waals surface area contributed by atoms with Gasteiger partial charge >= 0.3 is 0 Å². The maximum atomic E-state index is 12.4. The van der Waals surface area contributed by atoms with Crippen molar-refractivity contribution in [2.45, 2.75) is 6.42 Å². The van der Waals surface area contributed by atoms with Crippen LogP contribution < -0.4 is 10.2 Å². The molecule has 0 unspecified atom stereocenters. The van der Waals surface area contributed by atoms with Crippen molar-refractivity contribution in [2.75, 3.05) is 37.6 Å². The Balaban J connectivity index is 1.43. The van der Waals surface area contributed by atoms with E-state index >= 15 is 0 Å². The summed E-state index contributed by atoms with van der Waals surface area (Å²) < 4.78 is 1.52. The highest BCUT2D eigenvalue weighted by atomic mass is 35.5. The molecule has 0 atom stereocenters. The van der Waals surface area contributed by atoms with Crippen molar-refractivity contribution in [3.8, 4) is 0 Å². The van der Waals surface area contributed by atoms with Crippen molar-refractivity contribution in [1.82, 2.24) is 14.8 Å². The number of para-hydroxylation sites is 1. The summed E-state index contributed by atoms with van der Waals surface area (Å²) in [5.41, 5.74) is 1.55. The number of aromatic nitrogens is 1. The van der Waals surface area contributed by atoms with E-state index in [1.807, 2.05) is 23.1 Å². The van der Waals surface area contributed by atoms with E-state index in [4.69, 9.17) is 23.2 Å². The number of halogens is 2. The van der Waals surface area contributed by atoms with Crippen LogP contribution in [-0.2, 0) is 11.8 Å². The maximum Gasteiger partial charge on any atom is 0.268 e. The number of nitrogens with zero attached hydrogens (tertiary/aromatic N) is 3. The summed E-state index contributed by atoms with van der Waals surface area (Å²) in [6.45, 7) is 3.26. The fourth-order valence-electron chi connectivity index (χ4n) is 3.14. The average molecular weight is 409 g/mol. The maximum absolute atomic E-state index is 12.4. The molecule has 0 radical (unpaired) electrons. The second kappa shape index (κ2) is 8.67. The molecule has 3 rings (SSSR count). The summed E-state index contributed by atoms with van der Waals surface area (Å²) in [4.78, 5) is 28.7. The highest BCUT2D eigenvalue weighted by molar-refractivity contribution is 6.41. The molecular weight excluding hydrogens is 387 g/mol. The van der Waals surface area contributed by atoms with Crippen LogP contribution in [0.4, 0.5) is 5.69 Å². The Morgan fingerprint density at radius 1 is 1.07 bits per heavy atom. The quantitative estimate of drug-likeness (QED) is 0.827. The van der Waals surface area contributed by atoms with Crippen LogP contribution in [0.5, 0.6) is 0 Å². The SMILES string of the molecule is Cn1c(C(=O)NCCC(=O)N2CCN(c3ccccc3)CC2)cc(Cl)c1Cl. The first kappa shape index (κ1) is 19.6. The highest BCUT2D eigenvalue weighted by Crippen LogP contribution is 2.25. The average Bonchev–Trinajstić information content (AvgIpc) is 2.96. The van der Waals surface area contributed by atoms with Crippen LogP contribution in [0.15, 0.2) is 36.4 Å². The number of hydrogen-bond donors (Lipinski definition) is 1. The third kappa shape index (κ3) is 4.57. The molecule has 2 heterocycles. The Hall–Kier alpha value is -2.18. The lowest BCUT2D eigenvalue weighted by Crippen LogP contribution is -2.49. The number of benzene rings is 1. The van der Waals surface area contributed by atoms with E-state index in [1.54, 1.807) is 7.05 Å². The third-order valence-electron chi connectivity index (χ3n) is 4.73. The van der Waals surface area contributed by atoms with Crippen molar-refractivity contribution in [3.63, 3.8) is 0 Å². The van der Waals surface area contributed by atoms with Gasteiger partial charge in [0.25, 0.3) is 5.91 Å². The van der Waals surface area contributed by atoms with Gasteiger partial charge in [0.2, 0.25) is 5.91 Å². The van der Waals surface area contributed by atoms with E-state index < -0.39 is 0 Å². The van der Waals surface area contributed by atoms with E-state index in [0.717, 1.165) is 13.1 Å². The minimum absolute atomic E-state index is 0.0472. The Morgan fingerprint density at radius 2 is 1.74 bits per heavy atom. The number of amides is 2. The summed E-state index contributed by atoms with van der Waals surface area (Å²) in [7, 11) is 1.67. The molecule has 1 N–H and O–H groups in total. The van der Waals surface area contributed by atoms with Crippen LogP contribution in [0.1, 0.15) is 16.9 Å². The predicted octanol–water partition coefficient (Wildman–Crippen LogP) is 2.80. The van der Waals surface area contributed by atoms with Gasteiger partial charge < -0.3 is 19.7 Å². The minimum atomic E-state index is -0.298. The third-order valence-corrected chi connectivity index (χ3v) is 5.57. The van der Waals surface area contributed by atoms with Gasteiger partial charge in [-0.25, -0.2) is 0 Å². The van der Waals surface area contributed by atoms with Gasteiger partial charge in [-0.1, -0.05) is 41.4 Å². The van der Waals surface area contributed by atoms with Gasteiger partial charge in [0.15, 0.2) is 0 Å². The summed E-state index contributed by atoms with van der Waals surface area (Å²) in [6.07, 6.45) is 0.267. The Kier molecular flexibility index (Phi) is 6.29. The van der Waals surface area contributed by atoms with Crippen molar-refractivity contribution in [2.24, 2.45) is 7.05 Å². The summed E-state index contributed by atoms with van der Waals surface area (Å²) >= 11 is 11.9. The van der Waals surface area contributed by atoms with E-state index in [-0.39, 0.29) is 24.8 Å². The lowest BCUT2D eigenvalue weighted by Gasteiger charge is -2.36. The molecule has 27 heavy (non-hydrogen) atoms. The van der Waals surface area contributed by atoms with Gasteiger partial charge in [-0.2, -0.15) is 0 Å². The van der Waals surface area contributed by atoms with Gasteiger partial charge in [-0.15, -0.1) is 0 Å². The number of nitrogens with one attached hydrogen (secondary N) is 1. The zero-order chi connectivity index (χ0) is 19.4. The van der Waals surface area contributed by atoms with Gasteiger partial charge in [0.1, 0.15) is 10.8 Å². The Bertz CT molecular complexity index is 815. The molecular formula is C19H22Cl2N4O2. The first-order chi connectivity index (χ1) is 13.0. The van der Waals surface area contributed by atoms with Gasteiger partial charge in [0, 0.05) is 51.9 Å². The van der Waals surface area contributed by atoms with Crippen LogP contribution in [0.2, 0.25) is 10.2 Å². The molecule has 1 saturated heterocycles. The fourth-order valence-corrected chi connectivity index (χ4v) is 3.52. The molecule has 0 bridgehead atoms. The molecule has 2 amide bonds.